The Hall–Kier alpha value is -3.98. The number of aryl methyl sites for hydroxylation is 1. The van der Waals surface area contributed by atoms with Crippen molar-refractivity contribution in [1.82, 2.24) is 14.4 Å². The highest BCUT2D eigenvalue weighted by Gasteiger charge is 2.26. The third-order valence-electron chi connectivity index (χ3n) is 6.23. The normalized spacial score (nSPS) is 10.9. The van der Waals surface area contributed by atoms with Crippen molar-refractivity contribution in [3.8, 4) is 0 Å². The predicted molar refractivity (Wildman–Crippen MR) is 141 cm³/mol. The molecule has 0 fully saturated rings. The Morgan fingerprint density at radius 3 is 2.46 bits per heavy atom. The number of hydrogen-bond acceptors (Lipinski definition) is 5. The molecule has 0 saturated carbocycles. The molecule has 1 aromatic heterocycles. The fourth-order valence-corrected chi connectivity index (χ4v) is 4.09. The first-order valence-electron chi connectivity index (χ1n) is 12.2. The van der Waals surface area contributed by atoms with Gasteiger partial charge >= 0.3 is 0 Å². The zero-order chi connectivity index (χ0) is 26.9. The lowest BCUT2D eigenvalue weighted by Gasteiger charge is -2.30. The van der Waals surface area contributed by atoms with Crippen LogP contribution in [0.4, 0.5) is 5.69 Å². The van der Waals surface area contributed by atoms with Gasteiger partial charge in [-0.25, -0.2) is 0 Å². The molecule has 0 N–H and O–H groups in total. The molecule has 37 heavy (non-hydrogen) atoms. The zero-order valence-electron chi connectivity index (χ0n) is 21.8. The summed E-state index contributed by atoms with van der Waals surface area (Å²) in [6, 6.07) is 18.3. The summed E-state index contributed by atoms with van der Waals surface area (Å²) in [6.45, 7) is 6.81. The molecule has 0 radical (unpaired) electrons. The fourth-order valence-electron chi connectivity index (χ4n) is 4.09. The van der Waals surface area contributed by atoms with E-state index in [1.807, 2.05) is 50.4 Å². The first-order valence-corrected chi connectivity index (χ1v) is 12.2. The average molecular weight is 507 g/mol. The summed E-state index contributed by atoms with van der Waals surface area (Å²) in [5.74, 6) is -0.668. The van der Waals surface area contributed by atoms with E-state index in [0.717, 1.165) is 11.3 Å². The lowest BCUT2D eigenvalue weighted by Crippen LogP contribution is -2.46. The Morgan fingerprint density at radius 1 is 1.08 bits per heavy atom. The number of aromatic nitrogens is 1. The highest BCUT2D eigenvalue weighted by molar-refractivity contribution is 5.97. The van der Waals surface area contributed by atoms with E-state index in [4.69, 9.17) is 4.74 Å². The monoisotopic (exact) mass is 506 g/mol. The average Bonchev–Trinajstić information content (AvgIpc) is 3.31. The fraction of sp³-hybridized carbons (Fsp3) is 0.357. The van der Waals surface area contributed by atoms with Crippen molar-refractivity contribution in [3.05, 3.63) is 99.4 Å². The molecule has 1 heterocycles. The van der Waals surface area contributed by atoms with Crippen molar-refractivity contribution in [2.75, 3.05) is 26.8 Å². The van der Waals surface area contributed by atoms with Crippen LogP contribution >= 0.6 is 0 Å². The standard InChI is InChI=1S/C28H34N4O5/c1-21(2)31(19-25-11-8-14-29(25)18-23-9-6-5-7-10-23)27(33)20-30(15-16-37-4)28(34)24-13-12-22(3)26(17-24)32(35)36/h5-14,17,21H,15-16,18-20H2,1-4H3. The molecular weight excluding hydrogens is 472 g/mol. The summed E-state index contributed by atoms with van der Waals surface area (Å²) in [4.78, 5) is 40.8. The number of carbonyl (C=O) groups excluding carboxylic acids is 2. The maximum atomic E-state index is 13.5. The Bertz CT molecular complexity index is 1220. The summed E-state index contributed by atoms with van der Waals surface area (Å²) < 4.78 is 7.26. The van der Waals surface area contributed by atoms with Crippen LogP contribution in [0, 0.1) is 17.0 Å². The molecule has 0 atom stereocenters. The number of amides is 2. The van der Waals surface area contributed by atoms with Gasteiger partial charge in [0.05, 0.1) is 18.1 Å². The summed E-state index contributed by atoms with van der Waals surface area (Å²) in [6.07, 6.45) is 1.99. The van der Waals surface area contributed by atoms with E-state index in [9.17, 15) is 19.7 Å². The van der Waals surface area contributed by atoms with E-state index >= 15 is 0 Å². The van der Waals surface area contributed by atoms with Crippen molar-refractivity contribution in [2.45, 2.75) is 39.9 Å². The molecule has 2 aromatic carbocycles. The zero-order valence-corrected chi connectivity index (χ0v) is 21.8. The lowest BCUT2D eigenvalue weighted by molar-refractivity contribution is -0.385. The number of nitro groups is 1. The largest absolute Gasteiger partial charge is 0.383 e. The minimum absolute atomic E-state index is 0.104. The van der Waals surface area contributed by atoms with Gasteiger partial charge in [-0.05, 0) is 44.5 Å². The molecule has 0 unspecified atom stereocenters. The maximum absolute atomic E-state index is 13.5. The molecule has 2 amide bonds. The third kappa shape index (κ3) is 7.27. The van der Waals surface area contributed by atoms with Gasteiger partial charge in [-0.2, -0.15) is 0 Å². The minimum atomic E-state index is -0.512. The number of nitro benzene ring substituents is 1. The van der Waals surface area contributed by atoms with Crippen LogP contribution in [-0.2, 0) is 22.6 Å². The van der Waals surface area contributed by atoms with Gasteiger partial charge in [0.2, 0.25) is 5.91 Å². The van der Waals surface area contributed by atoms with Gasteiger partial charge in [0.1, 0.15) is 6.54 Å². The number of benzene rings is 2. The van der Waals surface area contributed by atoms with Crippen molar-refractivity contribution in [1.29, 1.82) is 0 Å². The van der Waals surface area contributed by atoms with Crippen LogP contribution in [-0.4, -0.2) is 64.0 Å². The van der Waals surface area contributed by atoms with E-state index in [2.05, 4.69) is 16.7 Å². The number of ether oxygens (including phenoxy) is 1. The quantitative estimate of drug-likeness (QED) is 0.270. The highest BCUT2D eigenvalue weighted by atomic mass is 16.6. The number of nitrogens with zero attached hydrogens (tertiary/aromatic N) is 4. The molecule has 3 rings (SSSR count). The maximum Gasteiger partial charge on any atom is 0.273 e. The number of rotatable bonds is 12. The van der Waals surface area contributed by atoms with E-state index in [0.29, 0.717) is 18.7 Å². The second-order valence-electron chi connectivity index (χ2n) is 9.21. The lowest BCUT2D eigenvalue weighted by atomic mass is 10.1. The van der Waals surface area contributed by atoms with Crippen molar-refractivity contribution < 1.29 is 19.2 Å². The first kappa shape index (κ1) is 27.6. The summed E-state index contributed by atoms with van der Waals surface area (Å²) in [5.41, 5.74) is 2.63. The molecule has 196 valence electrons. The number of hydrogen-bond donors (Lipinski definition) is 0. The van der Waals surface area contributed by atoms with Gasteiger partial charge in [0.15, 0.2) is 0 Å². The van der Waals surface area contributed by atoms with Crippen molar-refractivity contribution in [2.24, 2.45) is 0 Å². The molecule has 0 bridgehead atoms. The molecule has 9 nitrogen and oxygen atoms in total. The SMILES string of the molecule is COCCN(CC(=O)N(Cc1cccn1Cc1ccccc1)C(C)C)C(=O)c1ccc(C)c([N+](=O)[O-])c1. The summed E-state index contributed by atoms with van der Waals surface area (Å²) in [7, 11) is 1.52. The molecule has 3 aromatic rings. The Kier molecular flexibility index (Phi) is 9.57. The van der Waals surface area contributed by atoms with Gasteiger partial charge in [-0.1, -0.05) is 36.4 Å². The molecule has 0 aliphatic carbocycles. The Morgan fingerprint density at radius 2 is 1.81 bits per heavy atom. The minimum Gasteiger partial charge on any atom is -0.383 e. The van der Waals surface area contributed by atoms with Crippen LogP contribution in [0.25, 0.3) is 0 Å². The number of carbonyl (C=O) groups is 2. The molecule has 0 aliphatic rings. The van der Waals surface area contributed by atoms with Gasteiger partial charge in [-0.3, -0.25) is 19.7 Å². The molecule has 9 heteroatoms. The second kappa shape index (κ2) is 12.8. The summed E-state index contributed by atoms with van der Waals surface area (Å²) in [5, 5.41) is 11.4. The van der Waals surface area contributed by atoms with Gasteiger partial charge < -0.3 is 19.1 Å². The predicted octanol–water partition coefficient (Wildman–Crippen LogP) is 4.28. The van der Waals surface area contributed by atoms with Crippen LogP contribution in [0.3, 0.4) is 0 Å². The van der Waals surface area contributed by atoms with Gasteiger partial charge in [0.25, 0.3) is 11.6 Å². The third-order valence-corrected chi connectivity index (χ3v) is 6.23. The Labute approximate surface area is 217 Å². The van der Waals surface area contributed by atoms with Crippen molar-refractivity contribution in [3.63, 3.8) is 0 Å². The van der Waals surface area contributed by atoms with Crippen LogP contribution in [0.1, 0.15) is 41.0 Å². The van der Waals surface area contributed by atoms with E-state index in [1.54, 1.807) is 24.0 Å². The number of methoxy groups -OCH3 is 1. The van der Waals surface area contributed by atoms with Gasteiger partial charge in [-0.15, -0.1) is 0 Å². The summed E-state index contributed by atoms with van der Waals surface area (Å²) >= 11 is 0. The molecular formula is C28H34N4O5. The Balaban J connectivity index is 1.79. The van der Waals surface area contributed by atoms with Crippen LogP contribution in [0.2, 0.25) is 0 Å². The van der Waals surface area contributed by atoms with Crippen LogP contribution in [0.5, 0.6) is 0 Å². The topological polar surface area (TPSA) is 97.9 Å². The van der Waals surface area contributed by atoms with E-state index < -0.39 is 10.8 Å². The molecule has 0 saturated heterocycles. The first-order chi connectivity index (χ1) is 17.7. The molecule has 0 spiro atoms. The van der Waals surface area contributed by atoms with Gasteiger partial charge in [0, 0.05) is 55.3 Å². The molecule has 0 aliphatic heterocycles. The van der Waals surface area contributed by atoms with Crippen LogP contribution < -0.4 is 0 Å². The van der Waals surface area contributed by atoms with Crippen LogP contribution in [0.15, 0.2) is 66.9 Å². The highest BCUT2D eigenvalue weighted by Crippen LogP contribution is 2.21. The second-order valence-corrected chi connectivity index (χ2v) is 9.21. The van der Waals surface area contributed by atoms with Crippen molar-refractivity contribution >= 4 is 17.5 Å². The van der Waals surface area contributed by atoms with E-state index in [-0.39, 0.29) is 42.9 Å². The van der Waals surface area contributed by atoms with E-state index in [1.165, 1.54) is 18.1 Å². The smallest absolute Gasteiger partial charge is 0.273 e.